The summed E-state index contributed by atoms with van der Waals surface area (Å²) in [5.74, 6) is 0.217. The molecule has 0 amide bonds. The zero-order valence-corrected chi connectivity index (χ0v) is 24.4. The first-order valence-electron chi connectivity index (χ1n) is 12.6. The Morgan fingerprint density at radius 3 is 2.12 bits per heavy atom. The number of nitrogens with zero attached hydrogens (tertiary/aromatic N) is 8. The molecule has 230 valence electrons. The Morgan fingerprint density at radius 2 is 1.47 bits per heavy atom. The lowest BCUT2D eigenvalue weighted by molar-refractivity contribution is -0.0572. The highest BCUT2D eigenvalue weighted by atomic mass is 32.7. The van der Waals surface area contributed by atoms with Crippen LogP contribution in [-0.4, -0.2) is 99.1 Å². The minimum atomic E-state index is -4.28. The quantitative estimate of drug-likeness (QED) is 0.135. The van der Waals surface area contributed by atoms with Gasteiger partial charge in [-0.25, -0.2) is 34.5 Å². The highest BCUT2D eigenvalue weighted by Gasteiger charge is 2.52. The second-order valence-corrected chi connectivity index (χ2v) is 13.7. The van der Waals surface area contributed by atoms with Gasteiger partial charge in [0.05, 0.1) is 25.9 Å². The van der Waals surface area contributed by atoms with Crippen LogP contribution >= 0.6 is 27.3 Å². The second-order valence-electron chi connectivity index (χ2n) is 9.76. The topological polar surface area (TPSA) is 269 Å². The van der Waals surface area contributed by atoms with Gasteiger partial charge in [-0.2, -0.15) is 0 Å². The molecule has 4 aromatic heterocycles. The summed E-state index contributed by atoms with van der Waals surface area (Å²) in [6.45, 7) is -5.22. The number of nitrogen functional groups attached to an aromatic ring is 2. The van der Waals surface area contributed by atoms with Crippen molar-refractivity contribution in [2.24, 2.45) is 0 Å². The summed E-state index contributed by atoms with van der Waals surface area (Å²) in [7, 11) is -3.33. The van der Waals surface area contributed by atoms with Gasteiger partial charge in [0, 0.05) is 0 Å². The molecule has 0 spiro atoms. The van der Waals surface area contributed by atoms with Crippen LogP contribution in [0.1, 0.15) is 12.5 Å². The van der Waals surface area contributed by atoms with Gasteiger partial charge in [0.15, 0.2) is 35.4 Å². The first-order valence-corrected chi connectivity index (χ1v) is 16.6. The number of nitrogens with two attached hydrogens (primary N) is 2. The van der Waals surface area contributed by atoms with Crippen LogP contribution in [0.25, 0.3) is 22.3 Å². The third-order valence-corrected chi connectivity index (χ3v) is 9.68. The van der Waals surface area contributed by atoms with Crippen LogP contribution in [0.5, 0.6) is 0 Å². The van der Waals surface area contributed by atoms with Gasteiger partial charge >= 0.3 is 15.1 Å². The number of aromatic nitrogens is 8. The van der Waals surface area contributed by atoms with Crippen molar-refractivity contribution < 1.29 is 46.9 Å². The number of anilines is 2. The third kappa shape index (κ3) is 5.09. The lowest BCUT2D eigenvalue weighted by atomic mass is 10.1. The largest absolute Gasteiger partial charge is 0.387 e. The van der Waals surface area contributed by atoms with E-state index >= 15 is 0 Å². The number of hydrogen-bond donors (Lipinski definition) is 5. The average Bonchev–Trinajstić information content (AvgIpc) is 3.73. The highest BCUT2D eigenvalue weighted by molar-refractivity contribution is 8.44. The summed E-state index contributed by atoms with van der Waals surface area (Å²) in [6.07, 6.45) is -5.06. The number of aliphatic hydroxyl groups excluding tert-OH is 2. The van der Waals surface area contributed by atoms with Crippen LogP contribution in [0.2, 0.25) is 0 Å². The van der Waals surface area contributed by atoms with Crippen LogP contribution in [0.4, 0.5) is 11.6 Å². The average molecular weight is 658 g/mol. The van der Waals surface area contributed by atoms with Crippen LogP contribution in [-0.2, 0) is 36.7 Å². The van der Waals surface area contributed by atoms with Gasteiger partial charge < -0.3 is 40.2 Å². The second kappa shape index (κ2) is 11.0. The summed E-state index contributed by atoms with van der Waals surface area (Å²) >= 11 is 4.10. The third-order valence-electron chi connectivity index (χ3n) is 7.20. The summed E-state index contributed by atoms with van der Waals surface area (Å²) in [6, 6.07) is 0. The molecule has 4 aromatic rings. The van der Waals surface area contributed by atoms with Gasteiger partial charge in [0.2, 0.25) is 0 Å². The van der Waals surface area contributed by atoms with Crippen molar-refractivity contribution in [1.29, 1.82) is 0 Å². The van der Waals surface area contributed by atoms with Crippen LogP contribution < -0.4 is 11.5 Å². The lowest BCUT2D eigenvalue weighted by Gasteiger charge is -2.25. The van der Waals surface area contributed by atoms with E-state index < -0.39 is 77.3 Å². The minimum Gasteiger partial charge on any atom is -0.387 e. The van der Waals surface area contributed by atoms with E-state index in [0.29, 0.717) is 0 Å². The highest BCUT2D eigenvalue weighted by Crippen LogP contribution is 2.57. The summed E-state index contributed by atoms with van der Waals surface area (Å²) in [5, 5.41) is 22.2. The van der Waals surface area contributed by atoms with E-state index in [1.165, 1.54) is 34.4 Å². The Hall–Kier alpha value is -2.81. The fraction of sp³-hybridized carbons (Fsp3) is 0.500. The van der Waals surface area contributed by atoms with E-state index in [9.17, 15) is 19.3 Å². The first kappa shape index (κ1) is 28.9. The molecular weight excluding hydrogens is 634 g/mol. The van der Waals surface area contributed by atoms with E-state index in [-0.39, 0.29) is 34.0 Å². The molecule has 3 saturated heterocycles. The number of hydrogen-bond acceptors (Lipinski definition) is 18. The van der Waals surface area contributed by atoms with Crippen molar-refractivity contribution >= 4 is 61.3 Å². The molecule has 43 heavy (non-hydrogen) atoms. The standard InChI is InChI=1S/C20H24N10O10P2S/c21-15-9-17(25-3-23-15)29(5-27-9)19-12(32)13-8(38-19)2-36-42(34,43)40-14-11(31)7(1-35-41(33)39-13)37-20(14)30-6-28-10-16(22)24-4-26-18(10)30/h3-8,11-14,19-20,31-32,41H,1-2H2,(H,34,43)(H2,21,23,25)(H2,22,24,26)/t7-,8-,11-,12-,13-,14-,19-,20-,42?/m1/s1. The van der Waals surface area contributed by atoms with Crippen molar-refractivity contribution in [2.75, 3.05) is 24.7 Å². The van der Waals surface area contributed by atoms with E-state index in [4.69, 9.17) is 39.0 Å². The van der Waals surface area contributed by atoms with Crippen LogP contribution in [0.3, 0.4) is 0 Å². The Morgan fingerprint density at radius 1 is 0.860 bits per heavy atom. The predicted molar refractivity (Wildman–Crippen MR) is 147 cm³/mol. The molecule has 0 radical (unpaired) electrons. The summed E-state index contributed by atoms with van der Waals surface area (Å²) in [4.78, 5) is 24.5. The molecule has 3 aliphatic rings. The number of imidazole rings is 2. The number of fused-ring (bicyclic) bond motifs is 5. The molecule has 0 aliphatic carbocycles. The fourth-order valence-electron chi connectivity index (χ4n) is 5.18. The van der Waals surface area contributed by atoms with Gasteiger partial charge in [0.1, 0.15) is 60.3 Å². The Kier molecular flexibility index (Phi) is 7.38. The van der Waals surface area contributed by atoms with E-state index in [1.54, 1.807) is 0 Å². The maximum atomic E-state index is 13.5. The lowest BCUT2D eigenvalue weighted by Crippen LogP contribution is -2.35. The van der Waals surface area contributed by atoms with Crippen molar-refractivity contribution in [3.63, 3.8) is 0 Å². The number of ether oxygens (including phenoxy) is 2. The normalized spacial score (nSPS) is 37.1. The molecule has 23 heteroatoms. The molecule has 0 aromatic carbocycles. The maximum absolute atomic E-state index is 13.5. The number of rotatable bonds is 2. The van der Waals surface area contributed by atoms with Crippen molar-refractivity contribution in [1.82, 2.24) is 39.0 Å². The molecule has 2 bridgehead atoms. The molecular formula is C20H24N10O10P2S. The van der Waals surface area contributed by atoms with Gasteiger partial charge in [-0.15, -0.1) is 0 Å². The minimum absolute atomic E-state index is 0.104. The monoisotopic (exact) mass is 658 g/mol. The van der Waals surface area contributed by atoms with Crippen molar-refractivity contribution in [3.05, 3.63) is 25.3 Å². The predicted octanol–water partition coefficient (Wildman–Crippen LogP) is -0.408. The molecule has 0 saturated carbocycles. The van der Waals surface area contributed by atoms with Gasteiger partial charge in [-0.05, 0) is 0 Å². The van der Waals surface area contributed by atoms with Gasteiger partial charge in [-0.3, -0.25) is 22.7 Å². The van der Waals surface area contributed by atoms with Crippen LogP contribution in [0, 0.1) is 0 Å². The molecule has 3 fully saturated rings. The zero-order valence-electron chi connectivity index (χ0n) is 21.6. The van der Waals surface area contributed by atoms with Crippen molar-refractivity contribution in [2.45, 2.75) is 49.1 Å². The Bertz CT molecular complexity index is 1760. The van der Waals surface area contributed by atoms with Crippen LogP contribution in [0.15, 0.2) is 25.3 Å². The Labute approximate surface area is 246 Å². The summed E-state index contributed by atoms with van der Waals surface area (Å²) < 4.78 is 63.4. The van der Waals surface area contributed by atoms with E-state index in [1.807, 2.05) is 0 Å². The zero-order chi connectivity index (χ0) is 30.0. The molecule has 10 atom stereocenters. The number of aliphatic hydroxyl groups is 2. The Balaban J connectivity index is 1.18. The van der Waals surface area contributed by atoms with Gasteiger partial charge in [-0.1, -0.05) is 12.2 Å². The first-order chi connectivity index (χ1) is 20.6. The maximum Gasteiger partial charge on any atom is 0.386 e. The molecule has 3 aliphatic heterocycles. The van der Waals surface area contributed by atoms with Crippen molar-refractivity contribution in [3.8, 4) is 0 Å². The number of thiol groups is 1. The van der Waals surface area contributed by atoms with E-state index in [2.05, 4.69) is 42.2 Å². The molecule has 6 N–H and O–H groups in total. The van der Waals surface area contributed by atoms with E-state index in [0.717, 1.165) is 0 Å². The molecule has 7 rings (SSSR count). The molecule has 2 unspecified atom stereocenters. The van der Waals surface area contributed by atoms with Gasteiger partial charge in [0.25, 0.3) is 0 Å². The fourth-order valence-corrected chi connectivity index (χ4v) is 7.52. The smallest absolute Gasteiger partial charge is 0.386 e. The molecule has 7 heterocycles. The SMILES string of the molecule is Nc1ncnc2c1ncn2[C@@H]1O[C@@H]2COP(=O)(S)O[C@@H]3[C@H](O)[C@@H](CO[PH](=O)O[C@H]2[C@H]1O)O[C@H]3n1cnc2c(N)ncnc21. The summed E-state index contributed by atoms with van der Waals surface area (Å²) in [5.41, 5.74) is 12.8. The molecule has 20 nitrogen and oxygen atoms in total.